The van der Waals surface area contributed by atoms with E-state index in [0.29, 0.717) is 30.1 Å². The molecule has 0 bridgehead atoms. The van der Waals surface area contributed by atoms with Crippen LogP contribution in [0.2, 0.25) is 0 Å². The van der Waals surface area contributed by atoms with Crippen LogP contribution in [0.1, 0.15) is 22.5 Å². The predicted molar refractivity (Wildman–Crippen MR) is 99.7 cm³/mol. The van der Waals surface area contributed by atoms with Crippen LogP contribution < -0.4 is 16.2 Å². The lowest BCUT2D eigenvalue weighted by Crippen LogP contribution is -2.50. The summed E-state index contributed by atoms with van der Waals surface area (Å²) in [6, 6.07) is 12.4. The molecule has 0 saturated carbocycles. The van der Waals surface area contributed by atoms with Gasteiger partial charge in [0.15, 0.2) is 0 Å². The monoisotopic (exact) mass is 372 g/mol. The average molecular weight is 372 g/mol. The third kappa shape index (κ3) is 4.60. The van der Waals surface area contributed by atoms with E-state index in [4.69, 9.17) is 0 Å². The molecule has 1 atom stereocenters. The van der Waals surface area contributed by atoms with Crippen LogP contribution >= 0.6 is 11.3 Å². The fraction of sp³-hybridized carbons (Fsp3) is 0.278. The Balaban J connectivity index is 1.50. The number of hydrogen-bond donors (Lipinski definition) is 3. The number of benzene rings is 1. The zero-order valence-electron chi connectivity index (χ0n) is 14.1. The average Bonchev–Trinajstić information content (AvgIpc) is 3.21. The van der Waals surface area contributed by atoms with Crippen molar-refractivity contribution in [2.75, 3.05) is 18.4 Å². The van der Waals surface area contributed by atoms with Gasteiger partial charge in [-0.2, -0.15) is 0 Å². The van der Waals surface area contributed by atoms with Gasteiger partial charge >= 0.3 is 6.03 Å². The Morgan fingerprint density at radius 1 is 1.04 bits per heavy atom. The van der Waals surface area contributed by atoms with E-state index in [1.165, 1.54) is 11.3 Å². The van der Waals surface area contributed by atoms with Gasteiger partial charge in [-0.15, -0.1) is 11.3 Å². The number of piperidine rings is 1. The quantitative estimate of drug-likeness (QED) is 0.723. The summed E-state index contributed by atoms with van der Waals surface area (Å²) in [7, 11) is 0. The number of nitrogens with zero attached hydrogens (tertiary/aromatic N) is 1. The van der Waals surface area contributed by atoms with Crippen molar-refractivity contribution in [1.29, 1.82) is 0 Å². The molecule has 1 aliphatic rings. The SMILES string of the molecule is O=C(NNC(=O)[C@H]1CCCN(C(=O)Nc2ccccc2)C1)c1cccs1. The minimum Gasteiger partial charge on any atom is -0.324 e. The van der Waals surface area contributed by atoms with Crippen molar-refractivity contribution in [1.82, 2.24) is 15.8 Å². The molecule has 1 aromatic heterocycles. The van der Waals surface area contributed by atoms with E-state index in [2.05, 4.69) is 16.2 Å². The third-order valence-electron chi connectivity index (χ3n) is 4.15. The molecule has 0 radical (unpaired) electrons. The molecule has 4 amide bonds. The number of likely N-dealkylation sites (tertiary alicyclic amines) is 1. The first-order chi connectivity index (χ1) is 12.6. The van der Waals surface area contributed by atoms with Gasteiger partial charge in [0, 0.05) is 18.8 Å². The van der Waals surface area contributed by atoms with Crippen LogP contribution in [0, 0.1) is 5.92 Å². The standard InChI is InChI=1S/C18H20N4O3S/c23-16(20-21-17(24)15-9-5-11-26-15)13-6-4-10-22(12-13)18(25)19-14-7-2-1-3-8-14/h1-3,5,7-9,11,13H,4,6,10,12H2,(H,19,25)(H,20,23)(H,21,24)/t13-/m0/s1. The number of para-hydroxylation sites is 1. The van der Waals surface area contributed by atoms with Gasteiger partial charge in [-0.25, -0.2) is 4.79 Å². The Labute approximate surface area is 155 Å². The third-order valence-corrected chi connectivity index (χ3v) is 5.02. The second-order valence-electron chi connectivity index (χ2n) is 6.00. The number of urea groups is 1. The largest absolute Gasteiger partial charge is 0.324 e. The number of nitrogens with one attached hydrogen (secondary N) is 3. The van der Waals surface area contributed by atoms with E-state index < -0.39 is 0 Å². The topological polar surface area (TPSA) is 90.5 Å². The maximum Gasteiger partial charge on any atom is 0.321 e. The van der Waals surface area contributed by atoms with Crippen molar-refractivity contribution in [3.8, 4) is 0 Å². The molecule has 2 aromatic rings. The highest BCUT2D eigenvalue weighted by atomic mass is 32.1. The second kappa shape index (κ2) is 8.48. The van der Waals surface area contributed by atoms with Gasteiger partial charge < -0.3 is 10.2 Å². The molecule has 1 aliphatic heterocycles. The molecule has 1 aromatic carbocycles. The van der Waals surface area contributed by atoms with Crippen molar-refractivity contribution >= 4 is 34.9 Å². The Morgan fingerprint density at radius 2 is 1.85 bits per heavy atom. The second-order valence-corrected chi connectivity index (χ2v) is 6.95. The maximum absolute atomic E-state index is 12.4. The van der Waals surface area contributed by atoms with Crippen molar-refractivity contribution < 1.29 is 14.4 Å². The van der Waals surface area contributed by atoms with Gasteiger partial charge in [0.25, 0.3) is 5.91 Å². The summed E-state index contributed by atoms with van der Waals surface area (Å²) in [6.45, 7) is 0.920. The van der Waals surface area contributed by atoms with E-state index >= 15 is 0 Å². The van der Waals surface area contributed by atoms with Crippen LogP contribution in [0.5, 0.6) is 0 Å². The Bertz CT molecular complexity index is 764. The molecule has 7 nitrogen and oxygen atoms in total. The number of amides is 4. The summed E-state index contributed by atoms with van der Waals surface area (Å²) in [5.74, 6) is -0.983. The normalized spacial score (nSPS) is 16.6. The Kier molecular flexibility index (Phi) is 5.85. The van der Waals surface area contributed by atoms with Crippen LogP contribution in [-0.4, -0.2) is 35.8 Å². The van der Waals surface area contributed by atoms with Crippen molar-refractivity contribution in [2.24, 2.45) is 5.92 Å². The predicted octanol–water partition coefficient (Wildman–Crippen LogP) is 2.45. The number of anilines is 1. The lowest BCUT2D eigenvalue weighted by Gasteiger charge is -2.32. The molecular formula is C18H20N4O3S. The van der Waals surface area contributed by atoms with Gasteiger partial charge in [0.1, 0.15) is 0 Å². The number of rotatable bonds is 3. The smallest absolute Gasteiger partial charge is 0.321 e. The fourth-order valence-electron chi connectivity index (χ4n) is 2.79. The molecule has 0 spiro atoms. The Morgan fingerprint density at radius 3 is 2.58 bits per heavy atom. The molecule has 8 heteroatoms. The number of carbonyl (C=O) groups excluding carboxylic acids is 3. The molecule has 0 aliphatic carbocycles. The molecule has 1 fully saturated rings. The first kappa shape index (κ1) is 17.9. The molecule has 3 N–H and O–H groups in total. The van der Waals surface area contributed by atoms with E-state index in [-0.39, 0.29) is 23.8 Å². The van der Waals surface area contributed by atoms with Crippen LogP contribution in [-0.2, 0) is 4.79 Å². The van der Waals surface area contributed by atoms with Gasteiger partial charge in [0.05, 0.1) is 10.8 Å². The number of hydrogen-bond acceptors (Lipinski definition) is 4. The fourth-order valence-corrected chi connectivity index (χ4v) is 3.41. The van der Waals surface area contributed by atoms with Crippen molar-refractivity contribution in [3.05, 3.63) is 52.7 Å². The zero-order chi connectivity index (χ0) is 18.4. The lowest BCUT2D eigenvalue weighted by atomic mass is 9.98. The van der Waals surface area contributed by atoms with Crippen LogP contribution in [0.4, 0.5) is 10.5 Å². The van der Waals surface area contributed by atoms with Crippen LogP contribution in [0.15, 0.2) is 47.8 Å². The summed E-state index contributed by atoms with van der Waals surface area (Å²) < 4.78 is 0. The molecule has 3 rings (SSSR count). The zero-order valence-corrected chi connectivity index (χ0v) is 14.9. The molecular weight excluding hydrogens is 352 g/mol. The van der Waals surface area contributed by atoms with Gasteiger partial charge in [-0.1, -0.05) is 24.3 Å². The number of thiophene rings is 1. The van der Waals surface area contributed by atoms with Crippen LogP contribution in [0.25, 0.3) is 0 Å². The molecule has 1 saturated heterocycles. The van der Waals surface area contributed by atoms with E-state index in [1.807, 2.05) is 30.3 Å². The Hall–Kier alpha value is -2.87. The minimum atomic E-state index is -0.353. The van der Waals surface area contributed by atoms with E-state index in [0.717, 1.165) is 6.42 Å². The van der Waals surface area contributed by atoms with Crippen molar-refractivity contribution in [3.63, 3.8) is 0 Å². The minimum absolute atomic E-state index is 0.226. The summed E-state index contributed by atoms with van der Waals surface area (Å²) in [4.78, 5) is 38.7. The molecule has 136 valence electrons. The van der Waals surface area contributed by atoms with Gasteiger partial charge in [-0.05, 0) is 36.4 Å². The summed E-state index contributed by atoms with van der Waals surface area (Å²) in [6.07, 6.45) is 1.41. The molecule has 2 heterocycles. The summed E-state index contributed by atoms with van der Waals surface area (Å²) >= 11 is 1.30. The van der Waals surface area contributed by atoms with E-state index in [1.54, 1.807) is 22.4 Å². The summed E-state index contributed by atoms with van der Waals surface area (Å²) in [5, 5.41) is 4.62. The van der Waals surface area contributed by atoms with Gasteiger partial charge in [0.2, 0.25) is 5.91 Å². The van der Waals surface area contributed by atoms with Gasteiger partial charge in [-0.3, -0.25) is 20.4 Å². The highest BCUT2D eigenvalue weighted by Gasteiger charge is 2.28. The summed E-state index contributed by atoms with van der Waals surface area (Å²) in [5.41, 5.74) is 5.59. The highest BCUT2D eigenvalue weighted by molar-refractivity contribution is 7.12. The number of carbonyl (C=O) groups is 3. The molecule has 26 heavy (non-hydrogen) atoms. The highest BCUT2D eigenvalue weighted by Crippen LogP contribution is 2.18. The van der Waals surface area contributed by atoms with E-state index in [9.17, 15) is 14.4 Å². The molecule has 0 unspecified atom stereocenters. The maximum atomic E-state index is 12.4. The number of hydrazine groups is 1. The lowest BCUT2D eigenvalue weighted by molar-refractivity contribution is -0.127. The van der Waals surface area contributed by atoms with Crippen molar-refractivity contribution in [2.45, 2.75) is 12.8 Å². The van der Waals surface area contributed by atoms with Crippen LogP contribution in [0.3, 0.4) is 0 Å². The first-order valence-electron chi connectivity index (χ1n) is 8.38. The first-order valence-corrected chi connectivity index (χ1v) is 9.26.